The van der Waals surface area contributed by atoms with Gasteiger partial charge in [-0.15, -0.1) is 0 Å². The first-order valence-electron chi connectivity index (χ1n) is 8.21. The Kier molecular flexibility index (Phi) is 5.08. The van der Waals surface area contributed by atoms with Crippen molar-refractivity contribution in [1.29, 1.82) is 0 Å². The van der Waals surface area contributed by atoms with E-state index in [1.54, 1.807) is 0 Å². The average Bonchev–Trinajstić information content (AvgIpc) is 2.70. The van der Waals surface area contributed by atoms with Gasteiger partial charge in [0.25, 0.3) is 0 Å². The van der Waals surface area contributed by atoms with Gasteiger partial charge < -0.3 is 6.15 Å². The smallest absolute Gasteiger partial charge is 0.0184 e. The minimum Gasteiger partial charge on any atom is -0.344 e. The SMILES string of the molecule is N.c1ccc(-c2ccc(-c3ccc(-c4ccccc4)cc3)cc2)cc1. The second-order valence-corrected chi connectivity index (χ2v) is 5.89. The molecule has 0 radical (unpaired) electrons. The first kappa shape index (κ1) is 16.7. The lowest BCUT2D eigenvalue weighted by atomic mass is 9.98. The lowest BCUT2D eigenvalue weighted by Crippen LogP contribution is -1.81. The summed E-state index contributed by atoms with van der Waals surface area (Å²) in [7, 11) is 0. The fourth-order valence-corrected chi connectivity index (χ4v) is 2.97. The molecule has 0 saturated heterocycles. The van der Waals surface area contributed by atoms with Crippen LogP contribution in [0.4, 0.5) is 0 Å². The third kappa shape index (κ3) is 3.68. The van der Waals surface area contributed by atoms with Crippen molar-refractivity contribution in [2.24, 2.45) is 0 Å². The van der Waals surface area contributed by atoms with Gasteiger partial charge in [0.05, 0.1) is 0 Å². The highest BCUT2D eigenvalue weighted by Crippen LogP contribution is 2.27. The summed E-state index contributed by atoms with van der Waals surface area (Å²) in [6, 6.07) is 38.5. The van der Waals surface area contributed by atoms with E-state index in [9.17, 15) is 0 Å². The van der Waals surface area contributed by atoms with E-state index < -0.39 is 0 Å². The molecular weight excluding hydrogens is 302 g/mol. The Morgan fingerprint density at radius 2 is 0.440 bits per heavy atom. The maximum atomic E-state index is 2.19. The van der Waals surface area contributed by atoms with Crippen LogP contribution in [0, 0.1) is 0 Å². The second kappa shape index (κ2) is 7.61. The largest absolute Gasteiger partial charge is 0.344 e. The topological polar surface area (TPSA) is 35.0 Å². The van der Waals surface area contributed by atoms with Gasteiger partial charge in [-0.1, -0.05) is 109 Å². The fourth-order valence-electron chi connectivity index (χ4n) is 2.97. The van der Waals surface area contributed by atoms with Crippen LogP contribution in [0.3, 0.4) is 0 Å². The van der Waals surface area contributed by atoms with Crippen molar-refractivity contribution in [2.45, 2.75) is 0 Å². The minimum atomic E-state index is 0. The Hall–Kier alpha value is -3.16. The molecule has 0 fully saturated rings. The summed E-state index contributed by atoms with van der Waals surface area (Å²) in [5, 5.41) is 0. The van der Waals surface area contributed by atoms with Gasteiger partial charge in [0.1, 0.15) is 0 Å². The summed E-state index contributed by atoms with van der Waals surface area (Å²) in [6.07, 6.45) is 0. The van der Waals surface area contributed by atoms with Gasteiger partial charge in [0.15, 0.2) is 0 Å². The summed E-state index contributed by atoms with van der Waals surface area (Å²) in [6.45, 7) is 0. The monoisotopic (exact) mass is 323 g/mol. The van der Waals surface area contributed by atoms with Gasteiger partial charge in [-0.2, -0.15) is 0 Å². The van der Waals surface area contributed by atoms with E-state index in [0.29, 0.717) is 0 Å². The molecule has 0 aliphatic carbocycles. The molecule has 0 atom stereocenters. The Labute approximate surface area is 149 Å². The second-order valence-electron chi connectivity index (χ2n) is 5.89. The first-order valence-corrected chi connectivity index (χ1v) is 8.21. The molecular formula is C24H21N. The molecule has 1 heteroatoms. The van der Waals surface area contributed by atoms with Crippen molar-refractivity contribution in [3.05, 3.63) is 109 Å². The van der Waals surface area contributed by atoms with Crippen LogP contribution in [0.5, 0.6) is 0 Å². The van der Waals surface area contributed by atoms with Gasteiger partial charge in [-0.3, -0.25) is 0 Å². The quantitative estimate of drug-likeness (QED) is 0.439. The van der Waals surface area contributed by atoms with E-state index in [1.807, 2.05) is 12.1 Å². The van der Waals surface area contributed by atoms with Crippen molar-refractivity contribution < 1.29 is 0 Å². The summed E-state index contributed by atoms with van der Waals surface area (Å²) < 4.78 is 0. The first-order chi connectivity index (χ1) is 11.9. The van der Waals surface area contributed by atoms with Crippen LogP contribution < -0.4 is 6.15 Å². The van der Waals surface area contributed by atoms with Crippen LogP contribution in [0.1, 0.15) is 0 Å². The molecule has 0 aliphatic rings. The van der Waals surface area contributed by atoms with Crippen molar-refractivity contribution in [2.75, 3.05) is 0 Å². The summed E-state index contributed by atoms with van der Waals surface area (Å²) in [5.74, 6) is 0. The van der Waals surface area contributed by atoms with Crippen molar-refractivity contribution in [1.82, 2.24) is 6.15 Å². The minimum absolute atomic E-state index is 0. The fraction of sp³-hybridized carbons (Fsp3) is 0. The third-order valence-electron chi connectivity index (χ3n) is 4.32. The normalized spacial score (nSPS) is 10.1. The van der Waals surface area contributed by atoms with Crippen molar-refractivity contribution in [3.63, 3.8) is 0 Å². The molecule has 0 aromatic heterocycles. The molecule has 122 valence electrons. The number of rotatable bonds is 3. The third-order valence-corrected chi connectivity index (χ3v) is 4.32. The predicted molar refractivity (Wildman–Crippen MR) is 108 cm³/mol. The number of benzene rings is 4. The highest BCUT2D eigenvalue weighted by atomic mass is 14.1. The molecule has 0 amide bonds. The molecule has 0 unspecified atom stereocenters. The van der Waals surface area contributed by atoms with Crippen LogP contribution in [0.2, 0.25) is 0 Å². The van der Waals surface area contributed by atoms with Crippen LogP contribution in [0.15, 0.2) is 109 Å². The molecule has 0 heterocycles. The van der Waals surface area contributed by atoms with Crippen LogP contribution in [-0.4, -0.2) is 0 Å². The van der Waals surface area contributed by atoms with E-state index in [1.165, 1.54) is 33.4 Å². The van der Waals surface area contributed by atoms with Gasteiger partial charge in [-0.05, 0) is 33.4 Å². The molecule has 25 heavy (non-hydrogen) atoms. The zero-order valence-electron chi connectivity index (χ0n) is 14.1. The van der Waals surface area contributed by atoms with Gasteiger partial charge in [0.2, 0.25) is 0 Å². The summed E-state index contributed by atoms with van der Waals surface area (Å²) in [5.41, 5.74) is 7.50. The van der Waals surface area contributed by atoms with Gasteiger partial charge >= 0.3 is 0 Å². The predicted octanol–water partition coefficient (Wildman–Crippen LogP) is 6.85. The van der Waals surface area contributed by atoms with Crippen LogP contribution >= 0.6 is 0 Å². The van der Waals surface area contributed by atoms with Crippen LogP contribution in [0.25, 0.3) is 33.4 Å². The average molecular weight is 323 g/mol. The highest BCUT2D eigenvalue weighted by molar-refractivity contribution is 5.73. The molecule has 3 N–H and O–H groups in total. The van der Waals surface area contributed by atoms with Crippen molar-refractivity contribution in [3.8, 4) is 33.4 Å². The molecule has 0 saturated carbocycles. The van der Waals surface area contributed by atoms with E-state index >= 15 is 0 Å². The van der Waals surface area contributed by atoms with Gasteiger partial charge in [-0.25, -0.2) is 0 Å². The molecule has 4 aromatic rings. The zero-order chi connectivity index (χ0) is 16.2. The van der Waals surface area contributed by atoms with E-state index in [0.717, 1.165) is 0 Å². The Morgan fingerprint density at radius 1 is 0.240 bits per heavy atom. The van der Waals surface area contributed by atoms with Crippen LogP contribution in [-0.2, 0) is 0 Å². The lowest BCUT2D eigenvalue weighted by molar-refractivity contribution is 1.58. The Balaban J connectivity index is 0.00000182. The molecule has 0 bridgehead atoms. The Morgan fingerprint density at radius 3 is 0.680 bits per heavy atom. The highest BCUT2D eigenvalue weighted by Gasteiger charge is 2.01. The number of hydrogen-bond donors (Lipinski definition) is 1. The molecule has 1 nitrogen and oxygen atoms in total. The summed E-state index contributed by atoms with van der Waals surface area (Å²) >= 11 is 0. The molecule has 0 aliphatic heterocycles. The van der Waals surface area contributed by atoms with E-state index in [2.05, 4.69) is 97.1 Å². The maximum absolute atomic E-state index is 2.19. The lowest BCUT2D eigenvalue weighted by Gasteiger charge is -2.07. The molecule has 4 rings (SSSR count). The van der Waals surface area contributed by atoms with Gasteiger partial charge in [0, 0.05) is 0 Å². The molecule has 0 spiro atoms. The van der Waals surface area contributed by atoms with E-state index in [4.69, 9.17) is 0 Å². The Bertz CT molecular complexity index is 828. The summed E-state index contributed by atoms with van der Waals surface area (Å²) in [4.78, 5) is 0. The number of hydrogen-bond acceptors (Lipinski definition) is 1. The standard InChI is InChI=1S/C24H18.H3N/c1-3-7-19(8-4-1)21-11-15-23(16-12-21)24-17-13-22(14-18-24)20-9-5-2-6-10-20;/h1-18H;1H3. The zero-order valence-corrected chi connectivity index (χ0v) is 14.1. The molecule has 4 aromatic carbocycles. The van der Waals surface area contributed by atoms with Crippen molar-refractivity contribution >= 4 is 0 Å². The van der Waals surface area contributed by atoms with E-state index in [-0.39, 0.29) is 6.15 Å². The maximum Gasteiger partial charge on any atom is -0.0184 e.